The van der Waals surface area contributed by atoms with Gasteiger partial charge in [0.05, 0.1) is 16.8 Å². The zero-order valence-corrected chi connectivity index (χ0v) is 30.0. The van der Waals surface area contributed by atoms with Crippen molar-refractivity contribution in [3.63, 3.8) is 0 Å². The molecule has 0 atom stereocenters. The molecule has 2 heterocycles. The molecule has 1 aliphatic carbocycles. The van der Waals surface area contributed by atoms with Crippen LogP contribution in [0.5, 0.6) is 0 Å². The summed E-state index contributed by atoms with van der Waals surface area (Å²) in [4.78, 5) is 2.40. The van der Waals surface area contributed by atoms with Gasteiger partial charge >= 0.3 is 0 Å². The van der Waals surface area contributed by atoms with E-state index in [0.717, 1.165) is 73.8 Å². The molecule has 0 fully saturated rings. The number of rotatable bonds is 6. The Morgan fingerprint density at radius 1 is 0.500 bits per heavy atom. The molecule has 3 heteroatoms. The van der Waals surface area contributed by atoms with Crippen LogP contribution in [0.2, 0.25) is 0 Å². The first-order valence-electron chi connectivity index (χ1n) is 18.5. The lowest BCUT2D eigenvalue weighted by Crippen LogP contribution is -2.14. The first-order valence-corrected chi connectivity index (χ1v) is 18.5. The van der Waals surface area contributed by atoms with Crippen LogP contribution in [0.15, 0.2) is 148 Å². The van der Waals surface area contributed by atoms with Gasteiger partial charge in [-0.25, -0.2) is 0 Å². The van der Waals surface area contributed by atoms with E-state index < -0.39 is 0 Å². The SMILES string of the molecule is CCc1ccccc1-c1ccc(N(c2cccc3c2oc2ccccc23)c2cccc3oc4ccc5c(c4c23)-c2ccccc2C5(C)C)cc1CC. The van der Waals surface area contributed by atoms with Gasteiger partial charge < -0.3 is 13.7 Å². The number of aryl methyl sites for hydroxylation is 2. The van der Waals surface area contributed by atoms with Crippen molar-refractivity contribution < 1.29 is 8.83 Å². The molecule has 1 aliphatic rings. The zero-order valence-electron chi connectivity index (χ0n) is 30.0. The highest BCUT2D eigenvalue weighted by Crippen LogP contribution is 2.55. The van der Waals surface area contributed by atoms with Crippen LogP contribution in [-0.4, -0.2) is 0 Å². The number of para-hydroxylation sites is 2. The molecule has 52 heavy (non-hydrogen) atoms. The molecule has 0 amide bonds. The van der Waals surface area contributed by atoms with Crippen molar-refractivity contribution in [1.29, 1.82) is 0 Å². The summed E-state index contributed by atoms with van der Waals surface area (Å²) in [5.74, 6) is 0. The van der Waals surface area contributed by atoms with Crippen LogP contribution in [0.3, 0.4) is 0 Å². The molecule has 2 aromatic heterocycles. The second kappa shape index (κ2) is 11.5. The Balaban J connectivity index is 1.30. The molecule has 0 bridgehead atoms. The Hall–Kier alpha value is -6.06. The van der Waals surface area contributed by atoms with Crippen LogP contribution in [0.4, 0.5) is 17.1 Å². The smallest absolute Gasteiger partial charge is 0.159 e. The van der Waals surface area contributed by atoms with Crippen LogP contribution < -0.4 is 4.90 Å². The third kappa shape index (κ3) is 4.32. The van der Waals surface area contributed by atoms with Crippen molar-refractivity contribution in [3.05, 3.63) is 162 Å². The number of furan rings is 2. The lowest BCUT2D eigenvalue weighted by Gasteiger charge is -2.27. The van der Waals surface area contributed by atoms with E-state index in [2.05, 4.69) is 166 Å². The molecule has 10 rings (SSSR count). The minimum Gasteiger partial charge on any atom is -0.456 e. The molecule has 0 spiro atoms. The molecule has 9 aromatic rings. The summed E-state index contributed by atoms with van der Waals surface area (Å²) in [6, 6.07) is 50.4. The van der Waals surface area contributed by atoms with Crippen molar-refractivity contribution in [1.82, 2.24) is 0 Å². The summed E-state index contributed by atoms with van der Waals surface area (Å²) in [7, 11) is 0. The predicted octanol–water partition coefficient (Wildman–Crippen LogP) is 14.1. The van der Waals surface area contributed by atoms with E-state index in [1.54, 1.807) is 0 Å². The average molecular weight is 674 g/mol. The van der Waals surface area contributed by atoms with Crippen LogP contribution >= 0.6 is 0 Å². The summed E-state index contributed by atoms with van der Waals surface area (Å²) >= 11 is 0. The number of nitrogens with zero attached hydrogens (tertiary/aromatic N) is 1. The highest BCUT2D eigenvalue weighted by atomic mass is 16.3. The fourth-order valence-electron chi connectivity index (χ4n) is 8.95. The molecule has 252 valence electrons. The number of hydrogen-bond acceptors (Lipinski definition) is 3. The van der Waals surface area contributed by atoms with Crippen LogP contribution in [0.1, 0.15) is 49.9 Å². The van der Waals surface area contributed by atoms with E-state index in [1.807, 2.05) is 6.07 Å². The predicted molar refractivity (Wildman–Crippen MR) is 217 cm³/mol. The maximum Gasteiger partial charge on any atom is 0.159 e. The Morgan fingerprint density at radius 2 is 1.17 bits per heavy atom. The highest BCUT2D eigenvalue weighted by Gasteiger charge is 2.37. The van der Waals surface area contributed by atoms with Gasteiger partial charge in [-0.15, -0.1) is 0 Å². The molecule has 0 N–H and O–H groups in total. The van der Waals surface area contributed by atoms with Crippen molar-refractivity contribution >= 4 is 60.9 Å². The fourth-order valence-corrected chi connectivity index (χ4v) is 8.95. The molecule has 7 aromatic carbocycles. The van der Waals surface area contributed by atoms with Gasteiger partial charge in [0, 0.05) is 27.3 Å². The van der Waals surface area contributed by atoms with E-state index in [9.17, 15) is 0 Å². The molecule has 0 radical (unpaired) electrons. The summed E-state index contributed by atoms with van der Waals surface area (Å²) < 4.78 is 13.5. The summed E-state index contributed by atoms with van der Waals surface area (Å²) in [6.07, 6.45) is 1.89. The van der Waals surface area contributed by atoms with E-state index >= 15 is 0 Å². The number of hydrogen-bond donors (Lipinski definition) is 0. The van der Waals surface area contributed by atoms with Gasteiger partial charge in [0.1, 0.15) is 16.7 Å². The third-order valence-electron chi connectivity index (χ3n) is 11.5. The minimum atomic E-state index is -0.126. The van der Waals surface area contributed by atoms with Crippen LogP contribution in [0, 0.1) is 0 Å². The van der Waals surface area contributed by atoms with Crippen LogP contribution in [-0.2, 0) is 18.3 Å². The Bertz CT molecular complexity index is 2870. The Labute approximate surface area is 303 Å². The molecular formula is C49H39NO2. The van der Waals surface area contributed by atoms with Gasteiger partial charge in [-0.1, -0.05) is 125 Å². The fraction of sp³-hybridized carbons (Fsp3) is 0.143. The first kappa shape index (κ1) is 30.7. The largest absolute Gasteiger partial charge is 0.456 e. The standard InChI is InChI=1S/C49H39NO2/c1-5-30-15-7-8-16-33(30)34-26-25-32(29-31(34)6-2)50(41-22-13-19-36-35-17-10-12-23-42(35)52-48(36)41)40-21-14-24-43-46(40)47-44(51-43)28-27-39-45(47)37-18-9-11-20-38(37)49(39,3)4/h7-29H,5-6H2,1-4H3. The van der Waals surface area contributed by atoms with E-state index in [1.165, 1.54) is 44.5 Å². The lowest BCUT2D eigenvalue weighted by molar-refractivity contribution is 0.656. The molecular weight excluding hydrogens is 635 g/mol. The monoisotopic (exact) mass is 673 g/mol. The topological polar surface area (TPSA) is 29.5 Å². The highest BCUT2D eigenvalue weighted by molar-refractivity contribution is 6.21. The molecule has 0 unspecified atom stereocenters. The molecule has 0 aliphatic heterocycles. The maximum atomic E-state index is 6.76. The maximum absolute atomic E-state index is 6.76. The third-order valence-corrected chi connectivity index (χ3v) is 11.5. The Morgan fingerprint density at radius 3 is 2.04 bits per heavy atom. The van der Waals surface area contributed by atoms with Gasteiger partial charge in [-0.3, -0.25) is 0 Å². The second-order valence-electron chi connectivity index (χ2n) is 14.6. The van der Waals surface area contributed by atoms with Gasteiger partial charge in [0.25, 0.3) is 0 Å². The van der Waals surface area contributed by atoms with Crippen molar-refractivity contribution in [2.24, 2.45) is 0 Å². The first-order chi connectivity index (χ1) is 25.5. The zero-order chi connectivity index (χ0) is 35.1. The van der Waals surface area contributed by atoms with Crippen molar-refractivity contribution in [2.45, 2.75) is 46.0 Å². The van der Waals surface area contributed by atoms with Crippen molar-refractivity contribution in [3.8, 4) is 22.3 Å². The number of fused-ring (bicyclic) bond motifs is 10. The van der Waals surface area contributed by atoms with E-state index in [0.29, 0.717) is 0 Å². The second-order valence-corrected chi connectivity index (χ2v) is 14.6. The number of benzene rings is 7. The number of anilines is 3. The molecule has 0 saturated heterocycles. The van der Waals surface area contributed by atoms with Gasteiger partial charge in [0.15, 0.2) is 5.58 Å². The minimum absolute atomic E-state index is 0.126. The quantitative estimate of drug-likeness (QED) is 0.176. The van der Waals surface area contributed by atoms with Crippen molar-refractivity contribution in [2.75, 3.05) is 4.90 Å². The van der Waals surface area contributed by atoms with Gasteiger partial charge in [-0.05, 0) is 99.8 Å². The average Bonchev–Trinajstić information content (AvgIpc) is 3.83. The molecule has 0 saturated carbocycles. The summed E-state index contributed by atoms with van der Waals surface area (Å²) in [5.41, 5.74) is 17.0. The molecule has 3 nitrogen and oxygen atoms in total. The normalized spacial score (nSPS) is 13.3. The van der Waals surface area contributed by atoms with E-state index in [-0.39, 0.29) is 5.41 Å². The Kier molecular flexibility index (Phi) is 6.79. The lowest BCUT2D eigenvalue weighted by atomic mass is 9.82. The summed E-state index contributed by atoms with van der Waals surface area (Å²) in [5, 5.41) is 4.48. The van der Waals surface area contributed by atoms with E-state index in [4.69, 9.17) is 8.83 Å². The summed E-state index contributed by atoms with van der Waals surface area (Å²) in [6.45, 7) is 9.17. The van der Waals surface area contributed by atoms with Crippen LogP contribution in [0.25, 0.3) is 66.1 Å². The van der Waals surface area contributed by atoms with Gasteiger partial charge in [0.2, 0.25) is 0 Å². The van der Waals surface area contributed by atoms with Gasteiger partial charge in [-0.2, -0.15) is 0 Å².